The Labute approximate surface area is 124 Å². The Balaban J connectivity index is 2.10. The van der Waals surface area contributed by atoms with Crippen molar-refractivity contribution in [3.05, 3.63) is 45.7 Å². The molecule has 0 bridgehead atoms. The van der Waals surface area contributed by atoms with Gasteiger partial charge in [-0.05, 0) is 25.1 Å². The third kappa shape index (κ3) is 1.76. The molecule has 0 fully saturated rings. The molecule has 4 N–H and O–H groups in total. The Kier molecular flexibility index (Phi) is 2.49. The molecular weight excluding hydrogens is 284 g/mol. The molecule has 1 atom stereocenters. The number of H-pyrrole nitrogens is 1. The number of nitrogens with one attached hydrogen (secondary N) is 1. The van der Waals surface area contributed by atoms with Crippen LogP contribution in [-0.2, 0) is 0 Å². The molecular formula is C15H12N4O3. The maximum atomic E-state index is 12.0. The zero-order valence-electron chi connectivity index (χ0n) is 11.6. The predicted molar refractivity (Wildman–Crippen MR) is 80.3 cm³/mol. The van der Waals surface area contributed by atoms with Gasteiger partial charge in [0.2, 0.25) is 12.2 Å². The molecule has 0 spiro atoms. The number of aliphatic hydroxyl groups is 1. The highest BCUT2D eigenvalue weighted by molar-refractivity contribution is 5.83. The van der Waals surface area contributed by atoms with Crippen molar-refractivity contribution in [3.63, 3.8) is 0 Å². The fraction of sp³-hybridized carbons (Fsp3) is 0.133. The number of ether oxygens (including phenoxy) is 1. The van der Waals surface area contributed by atoms with Gasteiger partial charge in [0.15, 0.2) is 5.65 Å². The Hall–Kier alpha value is -2.93. The number of anilines is 1. The maximum Gasteiger partial charge on any atom is 0.261 e. The second-order valence-corrected chi connectivity index (χ2v) is 5.22. The number of nitrogens with zero attached hydrogens (tertiary/aromatic N) is 2. The number of fused-ring (bicyclic) bond motifs is 4. The second-order valence-electron chi connectivity index (χ2n) is 5.22. The van der Waals surface area contributed by atoms with Crippen LogP contribution in [0.1, 0.15) is 17.4 Å². The van der Waals surface area contributed by atoms with Crippen molar-refractivity contribution in [1.29, 1.82) is 0 Å². The van der Waals surface area contributed by atoms with Gasteiger partial charge in [-0.15, -0.1) is 0 Å². The highest BCUT2D eigenvalue weighted by Crippen LogP contribution is 2.41. The Morgan fingerprint density at radius 3 is 2.95 bits per heavy atom. The van der Waals surface area contributed by atoms with Gasteiger partial charge >= 0.3 is 0 Å². The quantitative estimate of drug-likeness (QED) is 0.575. The van der Waals surface area contributed by atoms with Crippen LogP contribution in [0.5, 0.6) is 5.75 Å². The molecule has 0 saturated carbocycles. The molecule has 7 nitrogen and oxygen atoms in total. The summed E-state index contributed by atoms with van der Waals surface area (Å²) >= 11 is 0. The van der Waals surface area contributed by atoms with Crippen LogP contribution in [0.25, 0.3) is 22.3 Å². The van der Waals surface area contributed by atoms with Crippen molar-refractivity contribution >= 4 is 17.0 Å². The first-order valence-electron chi connectivity index (χ1n) is 6.69. The number of aromatic nitrogens is 3. The number of aliphatic hydroxyl groups excluding tert-OH is 1. The highest BCUT2D eigenvalue weighted by Gasteiger charge is 2.27. The summed E-state index contributed by atoms with van der Waals surface area (Å²) in [5.74, 6) is 0.539. The van der Waals surface area contributed by atoms with E-state index in [0.717, 1.165) is 11.1 Å². The minimum atomic E-state index is -1.18. The van der Waals surface area contributed by atoms with Gasteiger partial charge in [-0.25, -0.2) is 4.98 Å². The number of aromatic amines is 1. The molecule has 1 aliphatic heterocycles. The molecule has 0 aliphatic carbocycles. The summed E-state index contributed by atoms with van der Waals surface area (Å²) < 4.78 is 5.48. The lowest BCUT2D eigenvalue weighted by molar-refractivity contribution is -0.0215. The number of hydrogen-bond donors (Lipinski definition) is 3. The van der Waals surface area contributed by atoms with E-state index in [1.54, 1.807) is 12.1 Å². The van der Waals surface area contributed by atoms with Crippen LogP contribution in [-0.4, -0.2) is 20.1 Å². The van der Waals surface area contributed by atoms with Crippen LogP contribution >= 0.6 is 0 Å². The third-order valence-corrected chi connectivity index (χ3v) is 3.64. The van der Waals surface area contributed by atoms with Crippen LogP contribution in [0.4, 0.5) is 5.95 Å². The fourth-order valence-electron chi connectivity index (χ4n) is 2.62. The second kappa shape index (κ2) is 4.28. The van der Waals surface area contributed by atoms with E-state index in [0.29, 0.717) is 17.0 Å². The van der Waals surface area contributed by atoms with Crippen LogP contribution in [0.15, 0.2) is 29.1 Å². The minimum absolute atomic E-state index is 0.00187. The fourth-order valence-corrected chi connectivity index (χ4v) is 2.62. The van der Waals surface area contributed by atoms with E-state index < -0.39 is 11.8 Å². The Bertz CT molecular complexity index is 980. The molecule has 0 amide bonds. The summed E-state index contributed by atoms with van der Waals surface area (Å²) in [5, 5.41) is 10.4. The lowest BCUT2D eigenvalue weighted by Gasteiger charge is -2.24. The number of pyridine rings is 1. The number of aryl methyl sites for hydroxylation is 1. The van der Waals surface area contributed by atoms with Crippen molar-refractivity contribution in [2.24, 2.45) is 0 Å². The van der Waals surface area contributed by atoms with Crippen molar-refractivity contribution in [3.8, 4) is 17.0 Å². The van der Waals surface area contributed by atoms with E-state index in [9.17, 15) is 9.90 Å². The summed E-state index contributed by atoms with van der Waals surface area (Å²) in [6.45, 7) is 1.95. The van der Waals surface area contributed by atoms with E-state index in [2.05, 4.69) is 15.0 Å². The molecule has 0 saturated heterocycles. The van der Waals surface area contributed by atoms with Gasteiger partial charge in [-0.1, -0.05) is 11.6 Å². The van der Waals surface area contributed by atoms with Crippen LogP contribution < -0.4 is 16.0 Å². The topological polar surface area (TPSA) is 114 Å². The van der Waals surface area contributed by atoms with Crippen LogP contribution in [0, 0.1) is 6.92 Å². The zero-order chi connectivity index (χ0) is 15.4. The molecule has 1 aromatic carbocycles. The average molecular weight is 296 g/mol. The van der Waals surface area contributed by atoms with Gasteiger partial charge < -0.3 is 15.6 Å². The largest absolute Gasteiger partial charge is 0.460 e. The number of nitrogens with two attached hydrogens (primary N) is 1. The number of nitrogen functional groups attached to an aromatic ring is 1. The van der Waals surface area contributed by atoms with E-state index in [-0.39, 0.29) is 17.0 Å². The number of rotatable bonds is 0. The summed E-state index contributed by atoms with van der Waals surface area (Å²) in [6, 6.07) is 7.12. The van der Waals surface area contributed by atoms with Crippen molar-refractivity contribution < 1.29 is 9.84 Å². The molecule has 3 heterocycles. The minimum Gasteiger partial charge on any atom is -0.460 e. The molecule has 110 valence electrons. The molecule has 22 heavy (non-hydrogen) atoms. The SMILES string of the molecule is Cc1ccc2c(c1)-c1nc3nc(N)[nH]c(=O)c3cc1C(O)O2. The van der Waals surface area contributed by atoms with E-state index in [1.165, 1.54) is 0 Å². The zero-order valence-corrected chi connectivity index (χ0v) is 11.6. The third-order valence-electron chi connectivity index (χ3n) is 3.64. The summed E-state index contributed by atoms with van der Waals surface area (Å²) in [5.41, 5.74) is 8.16. The lowest BCUT2D eigenvalue weighted by Crippen LogP contribution is -2.18. The van der Waals surface area contributed by atoms with Crippen molar-refractivity contribution in [2.45, 2.75) is 13.2 Å². The number of benzene rings is 1. The Morgan fingerprint density at radius 1 is 1.32 bits per heavy atom. The molecule has 2 aromatic heterocycles. The molecule has 1 unspecified atom stereocenters. The normalized spacial score (nSPS) is 16.0. The van der Waals surface area contributed by atoms with Gasteiger partial charge in [0.05, 0.1) is 11.1 Å². The first-order chi connectivity index (χ1) is 10.5. The first kappa shape index (κ1) is 12.8. The molecule has 4 rings (SSSR count). The smallest absolute Gasteiger partial charge is 0.261 e. The van der Waals surface area contributed by atoms with E-state index in [4.69, 9.17) is 10.5 Å². The maximum absolute atomic E-state index is 12.0. The first-order valence-corrected chi connectivity index (χ1v) is 6.69. The molecule has 0 radical (unpaired) electrons. The summed E-state index contributed by atoms with van der Waals surface area (Å²) in [4.78, 5) is 22.8. The van der Waals surface area contributed by atoms with Gasteiger partial charge in [-0.3, -0.25) is 9.78 Å². The van der Waals surface area contributed by atoms with Gasteiger partial charge in [-0.2, -0.15) is 4.98 Å². The van der Waals surface area contributed by atoms with Gasteiger partial charge in [0.1, 0.15) is 5.75 Å². The Morgan fingerprint density at radius 2 is 2.14 bits per heavy atom. The van der Waals surface area contributed by atoms with Crippen LogP contribution in [0.2, 0.25) is 0 Å². The molecule has 7 heteroatoms. The van der Waals surface area contributed by atoms with Crippen LogP contribution in [0.3, 0.4) is 0 Å². The predicted octanol–water partition coefficient (Wildman–Crippen LogP) is 1.26. The monoisotopic (exact) mass is 296 g/mol. The highest BCUT2D eigenvalue weighted by atomic mass is 16.6. The summed E-state index contributed by atoms with van der Waals surface area (Å²) in [7, 11) is 0. The van der Waals surface area contributed by atoms with Crippen molar-refractivity contribution in [1.82, 2.24) is 15.0 Å². The van der Waals surface area contributed by atoms with E-state index >= 15 is 0 Å². The lowest BCUT2D eigenvalue weighted by atomic mass is 9.99. The molecule has 3 aromatic rings. The summed E-state index contributed by atoms with van der Waals surface area (Å²) in [6.07, 6.45) is -1.18. The average Bonchev–Trinajstić information content (AvgIpc) is 2.47. The standard InChI is InChI=1S/C15H12N4O3/c1-6-2-3-10-7(4-6)11-8(14(21)22-10)5-9-12(17-11)18-15(16)19-13(9)20/h2-5,14,21H,1H3,(H3,16,17,18,19,20). The number of hydrogen-bond acceptors (Lipinski definition) is 6. The van der Waals surface area contributed by atoms with E-state index in [1.807, 2.05) is 19.1 Å². The molecule has 1 aliphatic rings. The van der Waals surface area contributed by atoms with Gasteiger partial charge in [0.25, 0.3) is 5.56 Å². The van der Waals surface area contributed by atoms with Crippen molar-refractivity contribution in [2.75, 3.05) is 5.73 Å². The van der Waals surface area contributed by atoms with Gasteiger partial charge in [0, 0.05) is 11.1 Å².